The van der Waals surface area contributed by atoms with Crippen LogP contribution in [0.2, 0.25) is 0 Å². The summed E-state index contributed by atoms with van der Waals surface area (Å²) in [5.41, 5.74) is 0.909. The van der Waals surface area contributed by atoms with Gasteiger partial charge in [0.05, 0.1) is 6.61 Å². The normalized spacial score (nSPS) is 24.7. The van der Waals surface area contributed by atoms with Crippen LogP contribution in [0.25, 0.3) is 0 Å². The Kier molecular flexibility index (Phi) is 4.10. The first-order valence-electron chi connectivity index (χ1n) is 7.53. The van der Waals surface area contributed by atoms with Gasteiger partial charge in [0.25, 0.3) is 0 Å². The zero-order chi connectivity index (χ0) is 14.8. The molecule has 2 heterocycles. The first-order valence-corrected chi connectivity index (χ1v) is 7.53. The molecule has 3 rings (SSSR count). The van der Waals surface area contributed by atoms with Crippen LogP contribution < -0.4 is 4.74 Å². The number of esters is 1. The Morgan fingerprint density at radius 1 is 1.52 bits per heavy atom. The highest BCUT2D eigenvalue weighted by Crippen LogP contribution is 2.30. The average Bonchev–Trinajstić information content (AvgIpc) is 3.05. The molecule has 0 spiro atoms. The molecule has 0 aliphatic carbocycles. The number of nitrogens with zero attached hydrogens (tertiary/aromatic N) is 1. The molecular formula is C16H20FNO3. The van der Waals surface area contributed by atoms with Crippen molar-refractivity contribution in [1.82, 2.24) is 4.90 Å². The molecular weight excluding hydrogens is 273 g/mol. The van der Waals surface area contributed by atoms with Crippen LogP contribution in [0.5, 0.6) is 5.75 Å². The van der Waals surface area contributed by atoms with E-state index in [1.165, 1.54) is 12.1 Å². The number of halogens is 1. The van der Waals surface area contributed by atoms with Crippen LogP contribution >= 0.6 is 0 Å². The van der Waals surface area contributed by atoms with Crippen molar-refractivity contribution in [2.24, 2.45) is 0 Å². The van der Waals surface area contributed by atoms with Crippen LogP contribution in [0, 0.1) is 5.82 Å². The summed E-state index contributed by atoms with van der Waals surface area (Å²) in [5.74, 6) is 0.383. The lowest BCUT2D eigenvalue weighted by Crippen LogP contribution is -2.42. The second-order valence-electron chi connectivity index (χ2n) is 5.60. The molecule has 21 heavy (non-hydrogen) atoms. The molecule has 1 fully saturated rings. The third kappa shape index (κ3) is 3.02. The molecule has 2 aliphatic heterocycles. The zero-order valence-electron chi connectivity index (χ0n) is 12.2. The molecule has 2 unspecified atom stereocenters. The maximum Gasteiger partial charge on any atom is 0.323 e. The maximum absolute atomic E-state index is 13.2. The van der Waals surface area contributed by atoms with Crippen molar-refractivity contribution in [3.8, 4) is 5.75 Å². The second-order valence-corrected chi connectivity index (χ2v) is 5.60. The molecule has 0 N–H and O–H groups in total. The number of benzene rings is 1. The number of likely N-dealkylation sites (tertiary alicyclic amines) is 1. The van der Waals surface area contributed by atoms with Crippen molar-refractivity contribution in [3.05, 3.63) is 29.6 Å². The fraction of sp³-hybridized carbons (Fsp3) is 0.562. The number of ether oxygens (including phenoxy) is 2. The summed E-state index contributed by atoms with van der Waals surface area (Å²) in [6.45, 7) is 3.80. The highest BCUT2D eigenvalue weighted by atomic mass is 19.1. The minimum absolute atomic E-state index is 0.0168. The molecule has 4 nitrogen and oxygen atoms in total. The van der Waals surface area contributed by atoms with Gasteiger partial charge in [-0.15, -0.1) is 0 Å². The van der Waals surface area contributed by atoms with Gasteiger partial charge in [-0.2, -0.15) is 0 Å². The van der Waals surface area contributed by atoms with Gasteiger partial charge in [-0.05, 0) is 44.5 Å². The molecule has 0 saturated carbocycles. The van der Waals surface area contributed by atoms with Crippen molar-refractivity contribution >= 4 is 5.97 Å². The van der Waals surface area contributed by atoms with E-state index in [4.69, 9.17) is 9.47 Å². The number of carbonyl (C=O) groups is 1. The van der Waals surface area contributed by atoms with Gasteiger partial charge in [-0.3, -0.25) is 9.69 Å². The number of hydrogen-bond donors (Lipinski definition) is 0. The van der Waals surface area contributed by atoms with E-state index in [0.29, 0.717) is 19.6 Å². The lowest BCUT2D eigenvalue weighted by atomic mass is 10.1. The Morgan fingerprint density at radius 3 is 3.19 bits per heavy atom. The largest absolute Gasteiger partial charge is 0.488 e. The summed E-state index contributed by atoms with van der Waals surface area (Å²) < 4.78 is 24.2. The minimum Gasteiger partial charge on any atom is -0.488 e. The Morgan fingerprint density at radius 2 is 2.38 bits per heavy atom. The van der Waals surface area contributed by atoms with Gasteiger partial charge >= 0.3 is 5.97 Å². The van der Waals surface area contributed by atoms with Gasteiger partial charge < -0.3 is 9.47 Å². The van der Waals surface area contributed by atoms with Crippen molar-refractivity contribution in [2.75, 3.05) is 19.7 Å². The molecule has 1 saturated heterocycles. The highest BCUT2D eigenvalue weighted by molar-refractivity contribution is 5.76. The predicted molar refractivity (Wildman–Crippen MR) is 75.7 cm³/mol. The standard InChI is InChI=1S/C16H20FNO3/c1-2-20-16(19)14-4-3-7-18(14)10-13-9-11-8-12(17)5-6-15(11)21-13/h5-6,8,13-14H,2-4,7,9-10H2,1H3. The molecule has 0 amide bonds. The third-order valence-corrected chi connectivity index (χ3v) is 4.12. The van der Waals surface area contributed by atoms with Gasteiger partial charge in [0.1, 0.15) is 23.7 Å². The molecule has 0 aromatic heterocycles. The molecule has 114 valence electrons. The fourth-order valence-electron chi connectivity index (χ4n) is 3.20. The molecule has 0 bridgehead atoms. The minimum atomic E-state index is -0.233. The van der Waals surface area contributed by atoms with Crippen LogP contribution in [0.15, 0.2) is 18.2 Å². The van der Waals surface area contributed by atoms with Crippen molar-refractivity contribution in [3.63, 3.8) is 0 Å². The van der Waals surface area contributed by atoms with E-state index in [-0.39, 0.29) is 23.9 Å². The van der Waals surface area contributed by atoms with E-state index in [1.807, 2.05) is 6.92 Å². The van der Waals surface area contributed by atoms with Gasteiger partial charge in [0.2, 0.25) is 0 Å². The van der Waals surface area contributed by atoms with E-state index in [1.54, 1.807) is 6.07 Å². The Labute approximate surface area is 123 Å². The second kappa shape index (κ2) is 6.02. The number of fused-ring (bicyclic) bond motifs is 1. The van der Waals surface area contributed by atoms with E-state index in [9.17, 15) is 9.18 Å². The third-order valence-electron chi connectivity index (χ3n) is 4.12. The molecule has 0 radical (unpaired) electrons. The summed E-state index contributed by atoms with van der Waals surface area (Å²) in [7, 11) is 0. The van der Waals surface area contributed by atoms with Crippen molar-refractivity contribution in [1.29, 1.82) is 0 Å². The first-order chi connectivity index (χ1) is 10.2. The van der Waals surface area contributed by atoms with Gasteiger partial charge in [-0.1, -0.05) is 0 Å². The monoisotopic (exact) mass is 293 g/mol. The van der Waals surface area contributed by atoms with Gasteiger partial charge in [-0.25, -0.2) is 4.39 Å². The number of hydrogen-bond acceptors (Lipinski definition) is 4. The topological polar surface area (TPSA) is 38.8 Å². The Bertz CT molecular complexity index is 534. The highest BCUT2D eigenvalue weighted by Gasteiger charge is 2.35. The average molecular weight is 293 g/mol. The summed E-state index contributed by atoms with van der Waals surface area (Å²) >= 11 is 0. The maximum atomic E-state index is 13.2. The van der Waals surface area contributed by atoms with Gasteiger partial charge in [0, 0.05) is 18.5 Å². The van der Waals surface area contributed by atoms with Crippen LogP contribution in [0.3, 0.4) is 0 Å². The SMILES string of the molecule is CCOC(=O)C1CCCN1CC1Cc2cc(F)ccc2O1. The molecule has 2 atom stereocenters. The van der Waals surface area contributed by atoms with Gasteiger partial charge in [0.15, 0.2) is 0 Å². The lowest BCUT2D eigenvalue weighted by Gasteiger charge is -2.25. The predicted octanol–water partition coefficient (Wildman–Crippen LogP) is 2.16. The zero-order valence-corrected chi connectivity index (χ0v) is 12.2. The van der Waals surface area contributed by atoms with E-state index in [2.05, 4.69) is 4.90 Å². The van der Waals surface area contributed by atoms with Crippen molar-refractivity contribution < 1.29 is 18.7 Å². The van der Waals surface area contributed by atoms with Crippen LogP contribution in [-0.4, -0.2) is 42.7 Å². The van der Waals surface area contributed by atoms with Crippen LogP contribution in [0.4, 0.5) is 4.39 Å². The molecule has 2 aliphatic rings. The summed E-state index contributed by atoms with van der Waals surface area (Å²) in [6.07, 6.45) is 2.51. The number of carbonyl (C=O) groups excluding carboxylic acids is 1. The molecule has 5 heteroatoms. The van der Waals surface area contributed by atoms with E-state index < -0.39 is 0 Å². The molecule has 1 aromatic rings. The molecule has 1 aromatic carbocycles. The van der Waals surface area contributed by atoms with Crippen LogP contribution in [-0.2, 0) is 16.0 Å². The smallest absolute Gasteiger partial charge is 0.323 e. The van der Waals surface area contributed by atoms with E-state index >= 15 is 0 Å². The van der Waals surface area contributed by atoms with Crippen molar-refractivity contribution in [2.45, 2.75) is 38.3 Å². The summed E-state index contributed by atoms with van der Waals surface area (Å²) in [5, 5.41) is 0. The summed E-state index contributed by atoms with van der Waals surface area (Å²) in [4.78, 5) is 14.1. The lowest BCUT2D eigenvalue weighted by molar-refractivity contribution is -0.148. The Balaban J connectivity index is 1.61. The summed E-state index contributed by atoms with van der Waals surface area (Å²) in [6, 6.07) is 4.46. The van der Waals surface area contributed by atoms with E-state index in [0.717, 1.165) is 30.7 Å². The Hall–Kier alpha value is -1.62. The first kappa shape index (κ1) is 14.3. The fourth-order valence-corrected chi connectivity index (χ4v) is 3.20. The number of rotatable bonds is 4. The quantitative estimate of drug-likeness (QED) is 0.797. The van der Waals surface area contributed by atoms with Crippen LogP contribution in [0.1, 0.15) is 25.3 Å².